The lowest BCUT2D eigenvalue weighted by molar-refractivity contribution is 0.171. The molecule has 2 heteroatoms. The largest absolute Gasteiger partial charge is 0.314 e. The molecule has 2 bridgehead atoms. The van der Waals surface area contributed by atoms with Crippen molar-refractivity contribution in [3.63, 3.8) is 0 Å². The third kappa shape index (κ3) is 2.53. The van der Waals surface area contributed by atoms with E-state index in [0.29, 0.717) is 0 Å². The lowest BCUT2D eigenvalue weighted by atomic mass is 10.0. The average Bonchev–Trinajstić information content (AvgIpc) is 3.02. The Labute approximate surface area is 106 Å². The molecule has 1 heterocycles. The predicted octanol–water partition coefficient (Wildman–Crippen LogP) is 2.64. The normalized spacial score (nSPS) is 41.5. The quantitative estimate of drug-likeness (QED) is 0.789. The van der Waals surface area contributed by atoms with E-state index < -0.39 is 0 Å². The molecule has 1 aliphatic heterocycles. The molecule has 0 radical (unpaired) electrons. The van der Waals surface area contributed by atoms with Crippen molar-refractivity contribution < 1.29 is 0 Å². The van der Waals surface area contributed by atoms with Gasteiger partial charge in [-0.25, -0.2) is 0 Å². The molecule has 0 spiro atoms. The zero-order chi connectivity index (χ0) is 11.7. The summed E-state index contributed by atoms with van der Waals surface area (Å²) in [6.45, 7) is 6.30. The molecule has 3 fully saturated rings. The fraction of sp³-hybridized carbons (Fsp3) is 1.00. The summed E-state index contributed by atoms with van der Waals surface area (Å²) >= 11 is 0. The van der Waals surface area contributed by atoms with Gasteiger partial charge in [0, 0.05) is 25.2 Å². The van der Waals surface area contributed by atoms with Crippen LogP contribution in [0.4, 0.5) is 0 Å². The Morgan fingerprint density at radius 3 is 2.82 bits per heavy atom. The molecule has 3 rings (SSSR count). The van der Waals surface area contributed by atoms with E-state index in [2.05, 4.69) is 17.1 Å². The topological polar surface area (TPSA) is 15.3 Å². The first-order valence-electron chi connectivity index (χ1n) is 7.84. The SMILES string of the molecule is CCCNC1CCCC1CN1CC2CCC1C2. The van der Waals surface area contributed by atoms with Crippen molar-refractivity contribution in [2.24, 2.45) is 11.8 Å². The first-order chi connectivity index (χ1) is 8.36. The summed E-state index contributed by atoms with van der Waals surface area (Å²) in [6, 6.07) is 1.79. The third-order valence-electron chi connectivity index (χ3n) is 5.31. The van der Waals surface area contributed by atoms with Crippen molar-refractivity contribution in [1.82, 2.24) is 10.2 Å². The van der Waals surface area contributed by atoms with E-state index in [1.807, 2.05) is 0 Å². The number of fused-ring (bicyclic) bond motifs is 2. The van der Waals surface area contributed by atoms with Gasteiger partial charge in [0.25, 0.3) is 0 Å². The molecule has 2 saturated carbocycles. The molecule has 0 aromatic heterocycles. The second-order valence-electron chi connectivity index (χ2n) is 6.54. The highest BCUT2D eigenvalue weighted by Crippen LogP contribution is 2.39. The van der Waals surface area contributed by atoms with Crippen LogP contribution in [0.15, 0.2) is 0 Å². The van der Waals surface area contributed by atoms with Gasteiger partial charge in [-0.3, -0.25) is 4.90 Å². The lowest BCUT2D eigenvalue weighted by Gasteiger charge is -2.32. The smallest absolute Gasteiger partial charge is 0.0107 e. The van der Waals surface area contributed by atoms with Crippen LogP contribution in [0.25, 0.3) is 0 Å². The Morgan fingerprint density at radius 1 is 1.18 bits per heavy atom. The Hall–Kier alpha value is -0.0800. The van der Waals surface area contributed by atoms with Crippen LogP contribution < -0.4 is 5.32 Å². The maximum atomic E-state index is 3.77. The number of likely N-dealkylation sites (tertiary alicyclic amines) is 1. The van der Waals surface area contributed by atoms with Gasteiger partial charge in [0.15, 0.2) is 0 Å². The number of rotatable bonds is 5. The van der Waals surface area contributed by atoms with Gasteiger partial charge >= 0.3 is 0 Å². The van der Waals surface area contributed by atoms with Crippen molar-refractivity contribution in [3.05, 3.63) is 0 Å². The summed E-state index contributed by atoms with van der Waals surface area (Å²) in [4.78, 5) is 2.82. The number of hydrogen-bond acceptors (Lipinski definition) is 2. The fourth-order valence-corrected chi connectivity index (χ4v) is 4.41. The molecule has 2 aliphatic carbocycles. The lowest BCUT2D eigenvalue weighted by Crippen LogP contribution is -2.42. The zero-order valence-corrected chi connectivity index (χ0v) is 11.3. The van der Waals surface area contributed by atoms with Crippen molar-refractivity contribution in [2.45, 2.75) is 64.0 Å². The first-order valence-corrected chi connectivity index (χ1v) is 7.84. The Balaban J connectivity index is 1.50. The Morgan fingerprint density at radius 2 is 2.12 bits per heavy atom. The van der Waals surface area contributed by atoms with Crippen LogP contribution >= 0.6 is 0 Å². The molecule has 1 saturated heterocycles. The van der Waals surface area contributed by atoms with Crippen LogP contribution in [-0.4, -0.2) is 36.6 Å². The minimum atomic E-state index is 0.828. The number of nitrogens with zero attached hydrogens (tertiary/aromatic N) is 1. The van der Waals surface area contributed by atoms with Crippen LogP contribution in [-0.2, 0) is 0 Å². The highest BCUT2D eigenvalue weighted by atomic mass is 15.2. The van der Waals surface area contributed by atoms with Crippen molar-refractivity contribution in [3.8, 4) is 0 Å². The molecule has 0 amide bonds. The van der Waals surface area contributed by atoms with Gasteiger partial charge in [-0.2, -0.15) is 0 Å². The predicted molar refractivity (Wildman–Crippen MR) is 72.1 cm³/mol. The second-order valence-corrected chi connectivity index (χ2v) is 6.54. The molecule has 3 aliphatic rings. The maximum Gasteiger partial charge on any atom is 0.0107 e. The number of nitrogens with one attached hydrogen (secondary N) is 1. The van der Waals surface area contributed by atoms with Crippen molar-refractivity contribution in [1.29, 1.82) is 0 Å². The van der Waals surface area contributed by atoms with Crippen LogP contribution in [0.2, 0.25) is 0 Å². The Kier molecular flexibility index (Phi) is 3.72. The average molecular weight is 236 g/mol. The first kappa shape index (κ1) is 12.0. The molecular formula is C15H28N2. The summed E-state index contributed by atoms with van der Waals surface area (Å²) < 4.78 is 0. The summed E-state index contributed by atoms with van der Waals surface area (Å²) in [7, 11) is 0. The molecule has 0 aromatic rings. The van der Waals surface area contributed by atoms with Crippen LogP contribution in [0.5, 0.6) is 0 Å². The Bertz CT molecular complexity index is 253. The minimum absolute atomic E-state index is 0.828. The third-order valence-corrected chi connectivity index (χ3v) is 5.31. The summed E-state index contributed by atoms with van der Waals surface area (Å²) in [5.74, 6) is 2.00. The van der Waals surface area contributed by atoms with Gasteiger partial charge in [0.05, 0.1) is 0 Å². The van der Waals surface area contributed by atoms with Gasteiger partial charge < -0.3 is 5.32 Å². The standard InChI is InChI=1S/C15H28N2/c1-2-8-16-15-5-3-4-13(15)11-17-10-12-6-7-14(17)9-12/h12-16H,2-11H2,1H3. The molecule has 4 unspecified atom stereocenters. The van der Waals surface area contributed by atoms with Crippen LogP contribution in [0.1, 0.15) is 51.9 Å². The van der Waals surface area contributed by atoms with Crippen LogP contribution in [0.3, 0.4) is 0 Å². The van der Waals surface area contributed by atoms with Gasteiger partial charge in [-0.15, -0.1) is 0 Å². The molecule has 4 atom stereocenters. The molecule has 2 nitrogen and oxygen atoms in total. The highest BCUT2D eigenvalue weighted by molar-refractivity contribution is 4.95. The van der Waals surface area contributed by atoms with E-state index in [1.165, 1.54) is 64.6 Å². The van der Waals surface area contributed by atoms with Gasteiger partial charge in [-0.05, 0) is 56.9 Å². The molecule has 98 valence electrons. The second kappa shape index (κ2) is 5.27. The van der Waals surface area contributed by atoms with E-state index in [-0.39, 0.29) is 0 Å². The summed E-state index contributed by atoms with van der Waals surface area (Å²) in [6.07, 6.45) is 10.1. The van der Waals surface area contributed by atoms with Gasteiger partial charge in [0.2, 0.25) is 0 Å². The zero-order valence-electron chi connectivity index (χ0n) is 11.3. The minimum Gasteiger partial charge on any atom is -0.314 e. The highest BCUT2D eigenvalue weighted by Gasteiger charge is 2.39. The van der Waals surface area contributed by atoms with Gasteiger partial charge in [-0.1, -0.05) is 13.3 Å². The van der Waals surface area contributed by atoms with Crippen molar-refractivity contribution >= 4 is 0 Å². The summed E-state index contributed by atoms with van der Waals surface area (Å²) in [5.41, 5.74) is 0. The maximum absolute atomic E-state index is 3.77. The van der Waals surface area contributed by atoms with E-state index >= 15 is 0 Å². The number of hydrogen-bond donors (Lipinski definition) is 1. The van der Waals surface area contributed by atoms with E-state index in [9.17, 15) is 0 Å². The van der Waals surface area contributed by atoms with E-state index in [4.69, 9.17) is 0 Å². The van der Waals surface area contributed by atoms with Crippen LogP contribution in [0, 0.1) is 11.8 Å². The molecular weight excluding hydrogens is 208 g/mol. The van der Waals surface area contributed by atoms with Crippen molar-refractivity contribution in [2.75, 3.05) is 19.6 Å². The monoisotopic (exact) mass is 236 g/mol. The van der Waals surface area contributed by atoms with E-state index in [0.717, 1.165) is 23.9 Å². The molecule has 17 heavy (non-hydrogen) atoms. The molecule has 1 N–H and O–H groups in total. The van der Waals surface area contributed by atoms with E-state index in [1.54, 1.807) is 0 Å². The fourth-order valence-electron chi connectivity index (χ4n) is 4.41. The number of piperidine rings is 1. The van der Waals surface area contributed by atoms with Gasteiger partial charge in [0.1, 0.15) is 0 Å². The molecule has 0 aromatic carbocycles. The summed E-state index contributed by atoms with van der Waals surface area (Å²) in [5, 5.41) is 3.77.